The fourth-order valence-corrected chi connectivity index (χ4v) is 3.14. The summed E-state index contributed by atoms with van der Waals surface area (Å²) in [6.45, 7) is 13.2. The number of hydrogen-bond acceptors (Lipinski definition) is 3. The van der Waals surface area contributed by atoms with Crippen LogP contribution in [-0.4, -0.2) is 61.7 Å². The van der Waals surface area contributed by atoms with E-state index >= 15 is 0 Å². The molecule has 3 heterocycles. The van der Waals surface area contributed by atoms with Gasteiger partial charge in [0.1, 0.15) is 0 Å². The highest BCUT2D eigenvalue weighted by Gasteiger charge is 2.33. The molecule has 0 saturated carbocycles. The fourth-order valence-electron chi connectivity index (χ4n) is 3.14. The Hall–Kier alpha value is -0.120. The molecule has 1 N–H and O–H groups in total. The van der Waals surface area contributed by atoms with E-state index in [2.05, 4.69) is 29.0 Å². The second-order valence-electron chi connectivity index (χ2n) is 5.23. The number of likely N-dealkylation sites (N-methyl/N-ethyl adjacent to an activating group) is 1. The molecular formula is C13H27N3. The van der Waals surface area contributed by atoms with E-state index in [4.69, 9.17) is 0 Å². The first-order valence-corrected chi connectivity index (χ1v) is 7.01. The smallest absolute Gasteiger partial charge is 0.0224 e. The van der Waals surface area contributed by atoms with Crippen molar-refractivity contribution in [2.45, 2.75) is 32.7 Å². The summed E-state index contributed by atoms with van der Waals surface area (Å²) in [4.78, 5) is 5.11. The van der Waals surface area contributed by atoms with Gasteiger partial charge in [-0.1, -0.05) is 13.8 Å². The van der Waals surface area contributed by atoms with Crippen molar-refractivity contribution in [2.24, 2.45) is 5.92 Å². The molecule has 1 atom stereocenters. The SMILES string of the molecule is CCN(CC)CCNC1CN2CCC1CC2. The number of hydrogen-bond donors (Lipinski definition) is 1. The van der Waals surface area contributed by atoms with Gasteiger partial charge in [-0.2, -0.15) is 0 Å². The molecule has 0 aromatic rings. The van der Waals surface area contributed by atoms with Crippen LogP contribution in [0.1, 0.15) is 26.7 Å². The van der Waals surface area contributed by atoms with E-state index < -0.39 is 0 Å². The maximum absolute atomic E-state index is 3.77. The molecule has 0 aromatic carbocycles. The first-order valence-electron chi connectivity index (χ1n) is 7.01. The van der Waals surface area contributed by atoms with Gasteiger partial charge in [0, 0.05) is 25.7 Å². The molecule has 94 valence electrons. The summed E-state index contributed by atoms with van der Waals surface area (Å²) in [6.07, 6.45) is 2.84. The van der Waals surface area contributed by atoms with Gasteiger partial charge >= 0.3 is 0 Å². The maximum atomic E-state index is 3.77. The zero-order chi connectivity index (χ0) is 11.4. The van der Waals surface area contributed by atoms with E-state index in [-0.39, 0.29) is 0 Å². The molecule has 3 fully saturated rings. The van der Waals surface area contributed by atoms with E-state index in [0.717, 1.165) is 18.5 Å². The normalized spacial score (nSPS) is 33.6. The molecule has 3 aliphatic heterocycles. The van der Waals surface area contributed by atoms with Crippen molar-refractivity contribution in [2.75, 3.05) is 45.8 Å². The van der Waals surface area contributed by atoms with E-state index in [0.29, 0.717) is 0 Å². The average Bonchev–Trinajstić information content (AvgIpc) is 2.36. The molecule has 3 aliphatic rings. The van der Waals surface area contributed by atoms with Crippen LogP contribution in [0.25, 0.3) is 0 Å². The Labute approximate surface area is 100 Å². The van der Waals surface area contributed by atoms with Crippen LogP contribution < -0.4 is 5.32 Å². The minimum Gasteiger partial charge on any atom is -0.311 e. The second-order valence-corrected chi connectivity index (χ2v) is 5.23. The Balaban J connectivity index is 1.66. The number of nitrogens with one attached hydrogen (secondary N) is 1. The summed E-state index contributed by atoms with van der Waals surface area (Å²) < 4.78 is 0. The highest BCUT2D eigenvalue weighted by atomic mass is 15.2. The van der Waals surface area contributed by atoms with E-state index in [1.54, 1.807) is 0 Å². The lowest BCUT2D eigenvalue weighted by molar-refractivity contribution is 0.0715. The Morgan fingerprint density at radius 1 is 1.19 bits per heavy atom. The number of piperidine rings is 3. The van der Waals surface area contributed by atoms with Crippen molar-refractivity contribution >= 4 is 0 Å². The molecule has 3 saturated heterocycles. The minimum atomic E-state index is 0.776. The quantitative estimate of drug-likeness (QED) is 0.728. The first kappa shape index (κ1) is 12.3. The fraction of sp³-hybridized carbons (Fsp3) is 1.00. The third-order valence-electron chi connectivity index (χ3n) is 4.39. The highest BCUT2D eigenvalue weighted by molar-refractivity contribution is 4.90. The summed E-state index contributed by atoms with van der Waals surface area (Å²) >= 11 is 0. The third kappa shape index (κ3) is 2.96. The van der Waals surface area contributed by atoms with Crippen molar-refractivity contribution < 1.29 is 0 Å². The van der Waals surface area contributed by atoms with Crippen LogP contribution in [0.4, 0.5) is 0 Å². The lowest BCUT2D eigenvalue weighted by atomic mass is 9.84. The van der Waals surface area contributed by atoms with Crippen molar-refractivity contribution in [3.05, 3.63) is 0 Å². The zero-order valence-electron chi connectivity index (χ0n) is 10.9. The second kappa shape index (κ2) is 5.99. The van der Waals surface area contributed by atoms with Gasteiger partial charge in [0.05, 0.1) is 0 Å². The van der Waals surface area contributed by atoms with Crippen LogP contribution in [0.5, 0.6) is 0 Å². The van der Waals surface area contributed by atoms with E-state index in [1.165, 1.54) is 52.1 Å². The Bertz CT molecular complexity index is 195. The lowest BCUT2D eigenvalue weighted by Gasteiger charge is -2.45. The average molecular weight is 225 g/mol. The summed E-state index contributed by atoms with van der Waals surface area (Å²) in [6, 6.07) is 0.776. The van der Waals surface area contributed by atoms with Gasteiger partial charge in [0.25, 0.3) is 0 Å². The van der Waals surface area contributed by atoms with Gasteiger partial charge in [-0.15, -0.1) is 0 Å². The largest absolute Gasteiger partial charge is 0.311 e. The van der Waals surface area contributed by atoms with Crippen LogP contribution in [0.2, 0.25) is 0 Å². The molecule has 0 radical (unpaired) electrons. The standard InChI is InChI=1S/C13H27N3/c1-3-15(4-2)10-7-14-13-11-16-8-5-12(13)6-9-16/h12-14H,3-11H2,1-2H3. The monoisotopic (exact) mass is 225 g/mol. The molecule has 3 heteroatoms. The van der Waals surface area contributed by atoms with Crippen molar-refractivity contribution in [1.29, 1.82) is 0 Å². The van der Waals surface area contributed by atoms with Gasteiger partial charge in [-0.25, -0.2) is 0 Å². The van der Waals surface area contributed by atoms with E-state index in [1.807, 2.05) is 0 Å². The molecule has 0 aromatic heterocycles. The zero-order valence-corrected chi connectivity index (χ0v) is 10.9. The third-order valence-corrected chi connectivity index (χ3v) is 4.39. The number of rotatable bonds is 6. The Morgan fingerprint density at radius 2 is 1.88 bits per heavy atom. The van der Waals surface area contributed by atoms with E-state index in [9.17, 15) is 0 Å². The van der Waals surface area contributed by atoms with Crippen LogP contribution in [0.3, 0.4) is 0 Å². The molecular weight excluding hydrogens is 198 g/mol. The van der Waals surface area contributed by atoms with Crippen LogP contribution in [0, 0.1) is 5.92 Å². The topological polar surface area (TPSA) is 18.5 Å². The molecule has 0 aliphatic carbocycles. The molecule has 1 unspecified atom stereocenters. The van der Waals surface area contributed by atoms with Gasteiger partial charge < -0.3 is 15.1 Å². The van der Waals surface area contributed by atoms with Crippen molar-refractivity contribution in [3.8, 4) is 0 Å². The minimum absolute atomic E-state index is 0.776. The first-order chi connectivity index (χ1) is 7.83. The molecule has 0 spiro atoms. The summed E-state index contributed by atoms with van der Waals surface area (Å²) in [5.41, 5.74) is 0. The predicted octanol–water partition coefficient (Wildman–Crippen LogP) is 1.01. The number of nitrogens with zero attached hydrogens (tertiary/aromatic N) is 2. The van der Waals surface area contributed by atoms with Gasteiger partial charge in [0.2, 0.25) is 0 Å². The van der Waals surface area contributed by atoms with Crippen LogP contribution >= 0.6 is 0 Å². The number of fused-ring (bicyclic) bond motifs is 3. The van der Waals surface area contributed by atoms with Gasteiger partial charge in [-0.3, -0.25) is 0 Å². The highest BCUT2D eigenvalue weighted by Crippen LogP contribution is 2.27. The molecule has 0 amide bonds. The molecule has 16 heavy (non-hydrogen) atoms. The van der Waals surface area contributed by atoms with Crippen LogP contribution in [0.15, 0.2) is 0 Å². The summed E-state index contributed by atoms with van der Waals surface area (Å²) in [7, 11) is 0. The van der Waals surface area contributed by atoms with Crippen LogP contribution in [-0.2, 0) is 0 Å². The lowest BCUT2D eigenvalue weighted by Crippen LogP contribution is -2.56. The Kier molecular flexibility index (Phi) is 4.62. The molecule has 2 bridgehead atoms. The predicted molar refractivity (Wildman–Crippen MR) is 68.7 cm³/mol. The molecule has 3 rings (SSSR count). The van der Waals surface area contributed by atoms with Crippen molar-refractivity contribution in [1.82, 2.24) is 15.1 Å². The van der Waals surface area contributed by atoms with Gasteiger partial charge in [-0.05, 0) is 44.9 Å². The Morgan fingerprint density at radius 3 is 2.38 bits per heavy atom. The van der Waals surface area contributed by atoms with Gasteiger partial charge in [0.15, 0.2) is 0 Å². The van der Waals surface area contributed by atoms with Crippen molar-refractivity contribution in [3.63, 3.8) is 0 Å². The maximum Gasteiger partial charge on any atom is 0.0224 e. The molecule has 3 nitrogen and oxygen atoms in total. The summed E-state index contributed by atoms with van der Waals surface area (Å²) in [5, 5.41) is 3.77. The summed E-state index contributed by atoms with van der Waals surface area (Å²) in [5.74, 6) is 0.960.